The van der Waals surface area contributed by atoms with Crippen LogP contribution in [0.25, 0.3) is 40.0 Å². The first-order chi connectivity index (χ1) is 17.9. The molecule has 0 unspecified atom stereocenters. The van der Waals surface area contributed by atoms with E-state index in [-0.39, 0.29) is 5.11 Å². The van der Waals surface area contributed by atoms with Gasteiger partial charge in [-0.3, -0.25) is 10.1 Å². The van der Waals surface area contributed by atoms with Crippen LogP contribution in [0.1, 0.15) is 5.76 Å². The molecule has 0 bridgehead atoms. The standard InChI is InChI=1S/C27H16Cl2IN3O3S/c28-20-3-1-2-19(25(20)29)22-12-9-18(35-22)10-13-24(34)33-27(37)31-17-8-11-23-21(14-17)32-26(36-23)15-4-6-16(30)7-5-15/h1-14H,(H2,31,33,34,37)/b13-10+. The van der Waals surface area contributed by atoms with Crippen LogP contribution in [0.2, 0.25) is 10.0 Å². The molecule has 1 amide bonds. The number of fused-ring (bicyclic) bond motifs is 1. The number of carbonyl (C=O) groups is 1. The fraction of sp³-hybridized carbons (Fsp3) is 0. The third kappa shape index (κ3) is 6.04. The number of amides is 1. The van der Waals surface area contributed by atoms with E-state index in [1.807, 2.05) is 24.3 Å². The predicted octanol–water partition coefficient (Wildman–Crippen LogP) is 8.19. The fourth-order valence-electron chi connectivity index (χ4n) is 3.48. The van der Waals surface area contributed by atoms with Gasteiger partial charge in [0.2, 0.25) is 11.8 Å². The van der Waals surface area contributed by atoms with Crippen LogP contribution < -0.4 is 10.6 Å². The monoisotopic (exact) mass is 659 g/mol. The lowest BCUT2D eigenvalue weighted by atomic mass is 10.2. The van der Waals surface area contributed by atoms with Crippen molar-refractivity contribution in [1.82, 2.24) is 10.3 Å². The number of furan rings is 1. The van der Waals surface area contributed by atoms with Gasteiger partial charge in [0.25, 0.3) is 0 Å². The van der Waals surface area contributed by atoms with E-state index in [1.165, 1.54) is 12.2 Å². The minimum atomic E-state index is -0.417. The van der Waals surface area contributed by atoms with Crippen LogP contribution in [0.15, 0.2) is 87.7 Å². The summed E-state index contributed by atoms with van der Waals surface area (Å²) in [7, 11) is 0. The normalized spacial score (nSPS) is 11.2. The zero-order valence-corrected chi connectivity index (χ0v) is 23.3. The molecule has 6 nitrogen and oxygen atoms in total. The van der Waals surface area contributed by atoms with Gasteiger partial charge in [-0.25, -0.2) is 4.98 Å². The number of anilines is 1. The highest BCUT2D eigenvalue weighted by molar-refractivity contribution is 14.1. The largest absolute Gasteiger partial charge is 0.457 e. The summed E-state index contributed by atoms with van der Waals surface area (Å²) in [4.78, 5) is 16.9. The number of oxazole rings is 1. The quantitative estimate of drug-likeness (QED) is 0.113. The van der Waals surface area contributed by atoms with E-state index in [2.05, 4.69) is 38.2 Å². The molecule has 3 aromatic carbocycles. The van der Waals surface area contributed by atoms with Gasteiger partial charge in [-0.1, -0.05) is 29.3 Å². The summed E-state index contributed by atoms with van der Waals surface area (Å²) in [6, 6.07) is 22.1. The third-order valence-electron chi connectivity index (χ3n) is 5.22. The second-order valence-corrected chi connectivity index (χ2v) is 10.2. The van der Waals surface area contributed by atoms with E-state index in [9.17, 15) is 4.79 Å². The number of aromatic nitrogens is 1. The Balaban J connectivity index is 1.21. The van der Waals surface area contributed by atoms with Gasteiger partial charge in [0, 0.05) is 26.5 Å². The molecule has 2 aromatic heterocycles. The Hall–Kier alpha value is -3.18. The lowest BCUT2D eigenvalue weighted by molar-refractivity contribution is -0.115. The van der Waals surface area contributed by atoms with Crippen LogP contribution in [-0.2, 0) is 4.79 Å². The van der Waals surface area contributed by atoms with E-state index >= 15 is 0 Å². The lowest BCUT2D eigenvalue weighted by Gasteiger charge is -2.07. The van der Waals surface area contributed by atoms with E-state index in [0.29, 0.717) is 49.8 Å². The Bertz CT molecular complexity index is 1660. The Morgan fingerprint density at radius 2 is 1.81 bits per heavy atom. The van der Waals surface area contributed by atoms with Crippen molar-refractivity contribution in [3.8, 4) is 22.8 Å². The van der Waals surface area contributed by atoms with Crippen molar-refractivity contribution in [3.05, 3.63) is 98.2 Å². The van der Waals surface area contributed by atoms with Gasteiger partial charge >= 0.3 is 0 Å². The molecule has 37 heavy (non-hydrogen) atoms. The van der Waals surface area contributed by atoms with Crippen LogP contribution in [0.3, 0.4) is 0 Å². The molecule has 184 valence electrons. The Kier molecular flexibility index (Phi) is 7.61. The first-order valence-corrected chi connectivity index (χ1v) is 13.1. The van der Waals surface area contributed by atoms with E-state index < -0.39 is 5.91 Å². The zero-order chi connectivity index (χ0) is 25.9. The molecule has 0 radical (unpaired) electrons. The highest BCUT2D eigenvalue weighted by atomic mass is 127. The molecule has 0 saturated carbocycles. The molecule has 5 aromatic rings. The molecule has 2 N–H and O–H groups in total. The maximum absolute atomic E-state index is 12.4. The van der Waals surface area contributed by atoms with Crippen LogP contribution in [-0.4, -0.2) is 16.0 Å². The predicted molar refractivity (Wildman–Crippen MR) is 160 cm³/mol. The average Bonchev–Trinajstić information content (AvgIpc) is 3.52. The first-order valence-electron chi connectivity index (χ1n) is 10.9. The van der Waals surface area contributed by atoms with Gasteiger partial charge in [0.15, 0.2) is 10.7 Å². The number of hydrogen-bond donors (Lipinski definition) is 2. The van der Waals surface area contributed by atoms with Crippen LogP contribution in [0.4, 0.5) is 5.69 Å². The topological polar surface area (TPSA) is 80.3 Å². The molecule has 2 heterocycles. The number of nitrogens with zero attached hydrogens (tertiary/aromatic N) is 1. The fourth-order valence-corrected chi connectivity index (χ4v) is 4.45. The van der Waals surface area contributed by atoms with E-state index in [0.717, 1.165) is 9.13 Å². The molecule has 0 atom stereocenters. The Morgan fingerprint density at radius 1 is 1.00 bits per heavy atom. The summed E-state index contributed by atoms with van der Waals surface area (Å²) in [5.41, 5.74) is 3.53. The number of hydrogen-bond acceptors (Lipinski definition) is 5. The van der Waals surface area contributed by atoms with Gasteiger partial charge in [-0.15, -0.1) is 0 Å². The first kappa shape index (κ1) is 25.5. The summed E-state index contributed by atoms with van der Waals surface area (Å²) in [6.07, 6.45) is 2.86. The smallest absolute Gasteiger partial charge is 0.250 e. The van der Waals surface area contributed by atoms with Crippen molar-refractivity contribution in [2.75, 3.05) is 5.32 Å². The summed E-state index contributed by atoms with van der Waals surface area (Å²) in [5, 5.41) is 6.57. The van der Waals surface area contributed by atoms with Crippen molar-refractivity contribution in [1.29, 1.82) is 0 Å². The molecular formula is C27H16Cl2IN3O3S. The van der Waals surface area contributed by atoms with Crippen molar-refractivity contribution in [3.63, 3.8) is 0 Å². The van der Waals surface area contributed by atoms with Crippen molar-refractivity contribution in [2.24, 2.45) is 0 Å². The van der Waals surface area contributed by atoms with Gasteiger partial charge in [-0.2, -0.15) is 0 Å². The van der Waals surface area contributed by atoms with Crippen LogP contribution in [0, 0.1) is 3.57 Å². The number of nitrogens with one attached hydrogen (secondary N) is 2. The third-order valence-corrected chi connectivity index (χ3v) is 6.96. The molecule has 5 rings (SSSR count). The summed E-state index contributed by atoms with van der Waals surface area (Å²) in [5.74, 6) is 1.13. The number of halogens is 3. The molecule has 0 aliphatic heterocycles. The minimum absolute atomic E-state index is 0.140. The lowest BCUT2D eigenvalue weighted by Crippen LogP contribution is -2.32. The van der Waals surface area contributed by atoms with E-state index in [4.69, 9.17) is 44.3 Å². The molecule has 0 aliphatic rings. The van der Waals surface area contributed by atoms with Crippen LogP contribution in [0.5, 0.6) is 0 Å². The van der Waals surface area contributed by atoms with Crippen molar-refractivity contribution >= 4 is 91.9 Å². The number of rotatable bonds is 5. The maximum Gasteiger partial charge on any atom is 0.250 e. The number of thiocarbonyl (C=S) groups is 1. The van der Waals surface area contributed by atoms with Gasteiger partial charge in [-0.05, 0) is 108 Å². The summed E-state index contributed by atoms with van der Waals surface area (Å²) in [6.45, 7) is 0. The molecule has 0 spiro atoms. The summed E-state index contributed by atoms with van der Waals surface area (Å²) >= 11 is 19.9. The minimum Gasteiger partial charge on any atom is -0.457 e. The molecule has 0 saturated heterocycles. The van der Waals surface area contributed by atoms with Gasteiger partial charge < -0.3 is 14.2 Å². The van der Waals surface area contributed by atoms with Gasteiger partial charge in [0.05, 0.1) is 10.0 Å². The molecular weight excluding hydrogens is 644 g/mol. The second kappa shape index (κ2) is 11.1. The zero-order valence-electron chi connectivity index (χ0n) is 18.8. The van der Waals surface area contributed by atoms with Crippen LogP contribution >= 0.6 is 58.0 Å². The van der Waals surface area contributed by atoms with Gasteiger partial charge in [0.1, 0.15) is 17.0 Å². The van der Waals surface area contributed by atoms with E-state index in [1.54, 1.807) is 48.5 Å². The Labute approximate surface area is 240 Å². The average molecular weight is 660 g/mol. The molecule has 10 heteroatoms. The number of benzene rings is 3. The number of carbonyl (C=O) groups excluding carboxylic acids is 1. The molecule has 0 aliphatic carbocycles. The SMILES string of the molecule is O=C(/C=C/c1ccc(-c2cccc(Cl)c2Cl)o1)NC(=S)Nc1ccc2oc(-c3ccc(I)cc3)nc2c1. The highest BCUT2D eigenvalue weighted by Crippen LogP contribution is 2.34. The van der Waals surface area contributed by atoms with Crippen molar-refractivity contribution < 1.29 is 13.6 Å². The van der Waals surface area contributed by atoms with Crippen molar-refractivity contribution in [2.45, 2.75) is 0 Å². The summed E-state index contributed by atoms with van der Waals surface area (Å²) < 4.78 is 12.8. The maximum atomic E-state index is 12.4. The highest BCUT2D eigenvalue weighted by Gasteiger charge is 2.12. The molecule has 0 fully saturated rings. The Morgan fingerprint density at radius 3 is 2.62 bits per heavy atom. The second-order valence-electron chi connectivity index (χ2n) is 7.79.